The van der Waals surface area contributed by atoms with Gasteiger partial charge in [0.15, 0.2) is 11.0 Å². The average Bonchev–Trinajstić information content (AvgIpc) is 3.24. The van der Waals surface area contributed by atoms with Gasteiger partial charge in [0.25, 0.3) is 0 Å². The maximum absolute atomic E-state index is 12.4. The van der Waals surface area contributed by atoms with E-state index in [1.165, 1.54) is 18.0 Å². The standard InChI is InChI=1S/C18H17Cl2N5O2S/c1-10-13(19)7-21-16(15(10)20)22-14(26)9-28-18-24-23-17(11-4-5-11)25(18)8-12-3-2-6-27-12/h2-3,6-7,11H,4-5,8-9H2,1H3,(H,21,22,26). The summed E-state index contributed by atoms with van der Waals surface area (Å²) in [7, 11) is 0. The Kier molecular flexibility index (Phi) is 5.61. The predicted octanol–water partition coefficient (Wildman–Crippen LogP) is 4.54. The topological polar surface area (TPSA) is 85.8 Å². The first-order valence-corrected chi connectivity index (χ1v) is 10.5. The number of aromatic nitrogens is 4. The minimum absolute atomic E-state index is 0.153. The van der Waals surface area contributed by atoms with Crippen LogP contribution in [0.25, 0.3) is 0 Å². The molecule has 28 heavy (non-hydrogen) atoms. The molecule has 1 amide bonds. The molecule has 7 nitrogen and oxygen atoms in total. The van der Waals surface area contributed by atoms with Crippen LogP contribution in [-0.2, 0) is 11.3 Å². The number of halogens is 2. The number of rotatable bonds is 7. The summed E-state index contributed by atoms with van der Waals surface area (Å²) in [5, 5.41) is 12.8. The minimum Gasteiger partial charge on any atom is -0.467 e. The highest BCUT2D eigenvalue weighted by Crippen LogP contribution is 2.40. The largest absolute Gasteiger partial charge is 0.467 e. The zero-order chi connectivity index (χ0) is 19.7. The third kappa shape index (κ3) is 4.19. The van der Waals surface area contributed by atoms with Crippen molar-refractivity contribution in [2.24, 2.45) is 0 Å². The maximum Gasteiger partial charge on any atom is 0.236 e. The molecule has 0 atom stereocenters. The normalized spacial score (nSPS) is 13.7. The van der Waals surface area contributed by atoms with Gasteiger partial charge in [0.2, 0.25) is 5.91 Å². The molecular formula is C18H17Cl2N5O2S. The molecule has 1 aliphatic carbocycles. The van der Waals surface area contributed by atoms with Crippen LogP contribution in [0.3, 0.4) is 0 Å². The number of carbonyl (C=O) groups is 1. The van der Waals surface area contributed by atoms with Crippen molar-refractivity contribution in [2.45, 2.75) is 37.4 Å². The van der Waals surface area contributed by atoms with Crippen LogP contribution in [0.5, 0.6) is 0 Å². The van der Waals surface area contributed by atoms with E-state index in [0.717, 1.165) is 24.4 Å². The molecule has 146 valence electrons. The van der Waals surface area contributed by atoms with Gasteiger partial charge < -0.3 is 9.73 Å². The van der Waals surface area contributed by atoms with Crippen molar-refractivity contribution in [3.63, 3.8) is 0 Å². The molecule has 1 aliphatic rings. The highest BCUT2D eigenvalue weighted by atomic mass is 35.5. The van der Waals surface area contributed by atoms with Crippen LogP contribution < -0.4 is 5.32 Å². The van der Waals surface area contributed by atoms with Crippen molar-refractivity contribution in [3.05, 3.63) is 51.8 Å². The number of anilines is 1. The fourth-order valence-corrected chi connectivity index (χ4v) is 3.83. The molecule has 0 bridgehead atoms. The summed E-state index contributed by atoms with van der Waals surface area (Å²) in [5.41, 5.74) is 0.675. The SMILES string of the molecule is Cc1c(Cl)cnc(NC(=O)CSc2nnc(C3CC3)n2Cc2ccco2)c1Cl. The van der Waals surface area contributed by atoms with Gasteiger partial charge in [-0.15, -0.1) is 10.2 Å². The fourth-order valence-electron chi connectivity index (χ4n) is 2.70. The van der Waals surface area contributed by atoms with Gasteiger partial charge >= 0.3 is 0 Å². The molecule has 3 aromatic rings. The second-order valence-electron chi connectivity index (χ2n) is 6.51. The molecule has 1 saturated carbocycles. The van der Waals surface area contributed by atoms with Gasteiger partial charge in [-0.1, -0.05) is 35.0 Å². The first kappa shape index (κ1) is 19.3. The molecule has 10 heteroatoms. The van der Waals surface area contributed by atoms with Crippen molar-refractivity contribution in [1.82, 2.24) is 19.7 Å². The number of nitrogens with one attached hydrogen (secondary N) is 1. The van der Waals surface area contributed by atoms with E-state index in [2.05, 4.69) is 20.5 Å². The molecule has 0 spiro atoms. The van der Waals surface area contributed by atoms with Gasteiger partial charge in [-0.2, -0.15) is 0 Å². The van der Waals surface area contributed by atoms with Gasteiger partial charge in [-0.25, -0.2) is 4.98 Å². The van der Waals surface area contributed by atoms with E-state index in [1.807, 2.05) is 16.7 Å². The van der Waals surface area contributed by atoms with Crippen molar-refractivity contribution in [2.75, 3.05) is 11.1 Å². The highest BCUT2D eigenvalue weighted by Gasteiger charge is 2.30. The second kappa shape index (κ2) is 8.14. The lowest BCUT2D eigenvalue weighted by molar-refractivity contribution is -0.113. The van der Waals surface area contributed by atoms with Gasteiger partial charge in [0.1, 0.15) is 11.6 Å². The third-order valence-corrected chi connectivity index (χ3v) is 6.18. The number of carbonyl (C=O) groups excluding carboxylic acids is 1. The van der Waals surface area contributed by atoms with E-state index in [-0.39, 0.29) is 11.7 Å². The zero-order valence-electron chi connectivity index (χ0n) is 15.0. The summed E-state index contributed by atoms with van der Waals surface area (Å²) in [6, 6.07) is 3.76. The smallest absolute Gasteiger partial charge is 0.236 e. The van der Waals surface area contributed by atoms with Crippen molar-refractivity contribution in [3.8, 4) is 0 Å². The Labute approximate surface area is 175 Å². The van der Waals surface area contributed by atoms with Crippen molar-refractivity contribution in [1.29, 1.82) is 0 Å². The number of nitrogens with zero attached hydrogens (tertiary/aromatic N) is 4. The second-order valence-corrected chi connectivity index (χ2v) is 8.24. The van der Waals surface area contributed by atoms with E-state index in [9.17, 15) is 4.79 Å². The van der Waals surface area contributed by atoms with Crippen LogP contribution >= 0.6 is 35.0 Å². The van der Waals surface area contributed by atoms with E-state index in [1.54, 1.807) is 13.2 Å². The molecule has 0 aromatic carbocycles. The summed E-state index contributed by atoms with van der Waals surface area (Å²) in [5.74, 6) is 2.41. The number of hydrogen-bond acceptors (Lipinski definition) is 6. The number of thioether (sulfide) groups is 1. The maximum atomic E-state index is 12.4. The molecular weight excluding hydrogens is 421 g/mol. The van der Waals surface area contributed by atoms with Gasteiger partial charge in [-0.3, -0.25) is 9.36 Å². The minimum atomic E-state index is -0.235. The molecule has 0 radical (unpaired) electrons. The molecule has 1 fully saturated rings. The first-order valence-electron chi connectivity index (χ1n) is 8.71. The van der Waals surface area contributed by atoms with Crippen LogP contribution in [0.2, 0.25) is 10.0 Å². The third-order valence-electron chi connectivity index (χ3n) is 4.37. The van der Waals surface area contributed by atoms with Crippen molar-refractivity contribution < 1.29 is 9.21 Å². The Morgan fingerprint density at radius 2 is 2.21 bits per heavy atom. The summed E-state index contributed by atoms with van der Waals surface area (Å²) < 4.78 is 7.48. The fraction of sp³-hybridized carbons (Fsp3) is 0.333. The lowest BCUT2D eigenvalue weighted by Gasteiger charge is -2.10. The van der Waals surface area contributed by atoms with E-state index >= 15 is 0 Å². The number of furan rings is 1. The molecule has 3 aromatic heterocycles. The average molecular weight is 438 g/mol. The lowest BCUT2D eigenvalue weighted by atomic mass is 10.3. The van der Waals surface area contributed by atoms with Gasteiger partial charge in [0, 0.05) is 12.1 Å². The summed E-state index contributed by atoms with van der Waals surface area (Å²) in [4.78, 5) is 16.5. The van der Waals surface area contributed by atoms with Crippen molar-refractivity contribution >= 4 is 46.7 Å². The van der Waals surface area contributed by atoms with E-state index < -0.39 is 0 Å². The number of pyridine rings is 1. The predicted molar refractivity (Wildman–Crippen MR) is 108 cm³/mol. The molecule has 4 rings (SSSR count). The first-order chi connectivity index (χ1) is 13.5. The number of hydrogen-bond donors (Lipinski definition) is 1. The molecule has 3 heterocycles. The molecule has 0 saturated heterocycles. The lowest BCUT2D eigenvalue weighted by Crippen LogP contribution is -2.16. The molecule has 0 unspecified atom stereocenters. The molecule has 0 aliphatic heterocycles. The van der Waals surface area contributed by atoms with Gasteiger partial charge in [-0.05, 0) is 37.5 Å². The Balaban J connectivity index is 1.44. The Bertz CT molecular complexity index is 1000. The van der Waals surface area contributed by atoms with Gasteiger partial charge in [0.05, 0.1) is 28.6 Å². The Hall–Kier alpha value is -2.03. The van der Waals surface area contributed by atoms with E-state index in [0.29, 0.717) is 39.0 Å². The summed E-state index contributed by atoms with van der Waals surface area (Å²) >= 11 is 13.5. The Morgan fingerprint density at radius 1 is 1.39 bits per heavy atom. The van der Waals surface area contributed by atoms with Crippen LogP contribution in [0.4, 0.5) is 5.82 Å². The van der Waals surface area contributed by atoms with Crippen LogP contribution in [-0.4, -0.2) is 31.4 Å². The Morgan fingerprint density at radius 3 is 2.93 bits per heavy atom. The van der Waals surface area contributed by atoms with Crippen LogP contribution in [0.15, 0.2) is 34.2 Å². The quantitative estimate of drug-likeness (QED) is 0.546. The van der Waals surface area contributed by atoms with Crippen LogP contribution in [0, 0.1) is 6.92 Å². The number of amides is 1. The summed E-state index contributed by atoms with van der Waals surface area (Å²) in [6.45, 7) is 2.31. The monoisotopic (exact) mass is 437 g/mol. The zero-order valence-corrected chi connectivity index (χ0v) is 17.3. The van der Waals surface area contributed by atoms with E-state index in [4.69, 9.17) is 27.6 Å². The van der Waals surface area contributed by atoms with Crippen LogP contribution in [0.1, 0.15) is 35.9 Å². The summed E-state index contributed by atoms with van der Waals surface area (Å²) in [6.07, 6.45) is 5.33. The molecule has 1 N–H and O–H groups in total. The highest BCUT2D eigenvalue weighted by molar-refractivity contribution is 7.99.